The molecule has 1 N–H and O–H groups in total. The lowest BCUT2D eigenvalue weighted by Crippen LogP contribution is -2.20. The molecule has 0 fully saturated rings. The van der Waals surface area contributed by atoms with E-state index in [1.165, 1.54) is 0 Å². The van der Waals surface area contributed by atoms with Crippen LogP contribution in [0.1, 0.15) is 0 Å². The minimum atomic E-state index is -1.42. The highest BCUT2D eigenvalue weighted by Crippen LogP contribution is 2.22. The van der Waals surface area contributed by atoms with Gasteiger partial charge in [-0.15, -0.1) is 0 Å². The quantitative estimate of drug-likeness (QED) is 0.847. The predicted molar refractivity (Wildman–Crippen MR) is 75.7 cm³/mol. The molecular formula is C16H12NO4-. The molecule has 0 saturated carbocycles. The van der Waals surface area contributed by atoms with E-state index in [0.717, 1.165) is 6.08 Å². The second kappa shape index (κ2) is 6.91. The SMILES string of the molecule is O=C([O-])/C=C/C(=O)Nc1ccc(Oc2ccccc2)cc1. The highest BCUT2D eigenvalue weighted by atomic mass is 16.5. The van der Waals surface area contributed by atoms with Crippen molar-refractivity contribution in [2.75, 3.05) is 5.32 Å². The van der Waals surface area contributed by atoms with E-state index >= 15 is 0 Å². The van der Waals surface area contributed by atoms with E-state index in [4.69, 9.17) is 4.74 Å². The Balaban J connectivity index is 1.96. The molecule has 5 nitrogen and oxygen atoms in total. The lowest BCUT2D eigenvalue weighted by Gasteiger charge is -2.07. The zero-order valence-electron chi connectivity index (χ0n) is 11.0. The number of amides is 1. The molecule has 0 radical (unpaired) electrons. The number of nitrogens with one attached hydrogen (secondary N) is 1. The van der Waals surface area contributed by atoms with Gasteiger partial charge in [0.1, 0.15) is 11.5 Å². The van der Waals surface area contributed by atoms with Gasteiger partial charge < -0.3 is 20.0 Å². The number of anilines is 1. The minimum Gasteiger partial charge on any atom is -0.545 e. The topological polar surface area (TPSA) is 78.5 Å². The monoisotopic (exact) mass is 282 g/mol. The van der Waals surface area contributed by atoms with Crippen molar-refractivity contribution < 1.29 is 19.4 Å². The van der Waals surface area contributed by atoms with Crippen LogP contribution in [0.5, 0.6) is 11.5 Å². The number of carboxylic acid groups (broad SMARTS) is 1. The first kappa shape index (κ1) is 14.3. The Kier molecular flexibility index (Phi) is 4.71. The van der Waals surface area contributed by atoms with Crippen LogP contribution in [0.3, 0.4) is 0 Å². The molecular weight excluding hydrogens is 270 g/mol. The molecule has 0 heterocycles. The lowest BCUT2D eigenvalue weighted by molar-refractivity contribution is -0.297. The molecule has 0 atom stereocenters. The third-order valence-electron chi connectivity index (χ3n) is 2.47. The second-order valence-electron chi connectivity index (χ2n) is 4.08. The number of rotatable bonds is 5. The van der Waals surface area contributed by atoms with Crippen molar-refractivity contribution in [2.24, 2.45) is 0 Å². The molecule has 106 valence electrons. The molecule has 0 unspecified atom stereocenters. The minimum absolute atomic E-state index is 0.531. The number of hydrogen-bond donors (Lipinski definition) is 1. The number of benzene rings is 2. The first-order valence-corrected chi connectivity index (χ1v) is 6.16. The van der Waals surface area contributed by atoms with Crippen molar-refractivity contribution in [3.63, 3.8) is 0 Å². The van der Waals surface area contributed by atoms with Gasteiger partial charge in [-0.25, -0.2) is 0 Å². The summed E-state index contributed by atoms with van der Waals surface area (Å²) in [4.78, 5) is 21.6. The van der Waals surface area contributed by atoms with Crippen molar-refractivity contribution >= 4 is 17.6 Å². The zero-order valence-corrected chi connectivity index (χ0v) is 11.0. The van der Waals surface area contributed by atoms with Crippen LogP contribution in [0.2, 0.25) is 0 Å². The van der Waals surface area contributed by atoms with Gasteiger partial charge in [-0.2, -0.15) is 0 Å². The van der Waals surface area contributed by atoms with Crippen LogP contribution >= 0.6 is 0 Å². The summed E-state index contributed by atoms with van der Waals surface area (Å²) in [6.45, 7) is 0. The Morgan fingerprint density at radius 1 is 0.905 bits per heavy atom. The Labute approximate surface area is 121 Å². The van der Waals surface area contributed by atoms with Crippen LogP contribution in [0.15, 0.2) is 66.7 Å². The van der Waals surface area contributed by atoms with Crippen LogP contribution in [0.4, 0.5) is 5.69 Å². The summed E-state index contributed by atoms with van der Waals surface area (Å²) in [6, 6.07) is 16.0. The highest BCUT2D eigenvalue weighted by molar-refractivity contribution is 6.02. The number of carboxylic acids is 1. The summed E-state index contributed by atoms with van der Waals surface area (Å²) >= 11 is 0. The molecule has 0 aliphatic rings. The Bertz CT molecular complexity index is 648. The number of ether oxygens (including phenoxy) is 1. The van der Waals surface area contributed by atoms with Gasteiger partial charge in [0, 0.05) is 11.8 Å². The summed E-state index contributed by atoms with van der Waals surface area (Å²) in [6.07, 6.45) is 1.56. The van der Waals surface area contributed by atoms with Gasteiger partial charge in [0.05, 0.1) is 5.97 Å². The van der Waals surface area contributed by atoms with Gasteiger partial charge in [-0.1, -0.05) is 18.2 Å². The van der Waals surface area contributed by atoms with Gasteiger partial charge in [0.25, 0.3) is 0 Å². The summed E-state index contributed by atoms with van der Waals surface area (Å²) in [5.74, 6) is -0.622. The summed E-state index contributed by atoms with van der Waals surface area (Å²) in [5, 5.41) is 12.7. The highest BCUT2D eigenvalue weighted by Gasteiger charge is 2.00. The van der Waals surface area contributed by atoms with Crippen molar-refractivity contribution in [3.05, 3.63) is 66.7 Å². The molecule has 2 aromatic carbocycles. The van der Waals surface area contributed by atoms with Crippen LogP contribution in [0, 0.1) is 0 Å². The molecule has 1 amide bonds. The van der Waals surface area contributed by atoms with Gasteiger partial charge in [0.15, 0.2) is 0 Å². The van der Waals surface area contributed by atoms with Crippen LogP contribution < -0.4 is 15.2 Å². The average molecular weight is 282 g/mol. The van der Waals surface area contributed by atoms with Crippen molar-refractivity contribution in [1.29, 1.82) is 0 Å². The maximum atomic E-state index is 11.4. The van der Waals surface area contributed by atoms with Gasteiger partial charge in [-0.05, 0) is 42.5 Å². The van der Waals surface area contributed by atoms with E-state index < -0.39 is 11.9 Å². The number of carbonyl (C=O) groups excluding carboxylic acids is 2. The van der Waals surface area contributed by atoms with Gasteiger partial charge >= 0.3 is 0 Å². The fourth-order valence-corrected chi connectivity index (χ4v) is 1.56. The number of carbonyl (C=O) groups is 2. The fourth-order valence-electron chi connectivity index (χ4n) is 1.56. The molecule has 0 saturated heterocycles. The van der Waals surface area contributed by atoms with Crippen LogP contribution in [-0.2, 0) is 9.59 Å². The standard InChI is InChI=1S/C16H13NO4/c18-15(10-11-16(19)20)17-12-6-8-14(9-7-12)21-13-4-2-1-3-5-13/h1-11H,(H,17,18)(H,19,20)/p-1/b11-10+. The molecule has 2 rings (SSSR count). The Hall–Kier alpha value is -3.08. The predicted octanol–water partition coefficient (Wildman–Crippen LogP) is 1.72. The molecule has 0 aliphatic heterocycles. The number of para-hydroxylation sites is 1. The lowest BCUT2D eigenvalue weighted by atomic mass is 10.3. The molecule has 5 heteroatoms. The fraction of sp³-hybridized carbons (Fsp3) is 0. The van der Waals surface area contributed by atoms with Gasteiger partial charge in [-0.3, -0.25) is 4.79 Å². The molecule has 0 spiro atoms. The first-order valence-electron chi connectivity index (χ1n) is 6.16. The summed E-state index contributed by atoms with van der Waals surface area (Å²) in [5.41, 5.74) is 0.531. The normalized spacial score (nSPS) is 10.3. The maximum Gasteiger partial charge on any atom is 0.248 e. The largest absolute Gasteiger partial charge is 0.545 e. The van der Waals surface area contributed by atoms with Crippen molar-refractivity contribution in [3.8, 4) is 11.5 Å². The van der Waals surface area contributed by atoms with E-state index in [1.54, 1.807) is 24.3 Å². The molecule has 0 bridgehead atoms. The average Bonchev–Trinajstić information content (AvgIpc) is 2.48. The summed E-state index contributed by atoms with van der Waals surface area (Å²) in [7, 11) is 0. The first-order chi connectivity index (χ1) is 10.1. The van der Waals surface area contributed by atoms with Crippen molar-refractivity contribution in [1.82, 2.24) is 0 Å². The van der Waals surface area contributed by atoms with Gasteiger partial charge in [0.2, 0.25) is 5.91 Å². The van der Waals surface area contributed by atoms with E-state index in [9.17, 15) is 14.7 Å². The molecule has 0 aliphatic carbocycles. The second-order valence-corrected chi connectivity index (χ2v) is 4.08. The number of hydrogen-bond acceptors (Lipinski definition) is 4. The van der Waals surface area contributed by atoms with Crippen molar-refractivity contribution in [2.45, 2.75) is 0 Å². The number of aliphatic carboxylic acids is 1. The smallest absolute Gasteiger partial charge is 0.248 e. The third-order valence-corrected chi connectivity index (χ3v) is 2.47. The zero-order chi connectivity index (χ0) is 15.1. The van der Waals surface area contributed by atoms with E-state index in [-0.39, 0.29) is 0 Å². The molecule has 2 aromatic rings. The maximum absolute atomic E-state index is 11.4. The molecule has 0 aromatic heterocycles. The van der Waals surface area contributed by atoms with Crippen LogP contribution in [-0.4, -0.2) is 11.9 Å². The summed E-state index contributed by atoms with van der Waals surface area (Å²) < 4.78 is 5.60. The van der Waals surface area contributed by atoms with Crippen LogP contribution in [0.25, 0.3) is 0 Å². The third kappa shape index (κ3) is 4.83. The van der Waals surface area contributed by atoms with E-state index in [1.807, 2.05) is 30.3 Å². The Morgan fingerprint density at radius 2 is 1.52 bits per heavy atom. The molecule has 21 heavy (non-hydrogen) atoms. The Morgan fingerprint density at radius 3 is 2.14 bits per heavy atom. The van der Waals surface area contributed by atoms with E-state index in [2.05, 4.69) is 5.32 Å². The van der Waals surface area contributed by atoms with E-state index in [0.29, 0.717) is 23.3 Å².